The molecule has 0 aliphatic rings. The van der Waals surface area contributed by atoms with Crippen LogP contribution in [0, 0.1) is 11.8 Å². The summed E-state index contributed by atoms with van der Waals surface area (Å²) in [6.45, 7) is 12.2. The Labute approximate surface area is 117 Å². The van der Waals surface area contributed by atoms with Crippen LogP contribution in [0.4, 0.5) is 0 Å². The third-order valence-electron chi connectivity index (χ3n) is 2.86. The molecule has 0 atom stereocenters. The second kappa shape index (κ2) is 9.05. The molecule has 1 aromatic rings. The number of aromatic nitrogens is 1. The predicted molar refractivity (Wildman–Crippen MR) is 79.9 cm³/mol. The number of nitrogens with zero attached hydrogens (tertiary/aromatic N) is 1. The zero-order valence-electron chi connectivity index (χ0n) is 12.8. The quantitative estimate of drug-likeness (QED) is 0.694. The Balaban J connectivity index is 2.23. The SMILES string of the molecule is CC(C)CCOCc1ccc(CNCC(C)C)cn1. The highest BCUT2D eigenvalue weighted by Gasteiger charge is 1.99. The lowest BCUT2D eigenvalue weighted by Gasteiger charge is -2.08. The molecule has 1 rings (SSSR count). The van der Waals surface area contributed by atoms with Gasteiger partial charge in [-0.3, -0.25) is 4.98 Å². The molecule has 0 aromatic carbocycles. The third-order valence-corrected chi connectivity index (χ3v) is 2.86. The van der Waals surface area contributed by atoms with E-state index in [1.807, 2.05) is 6.20 Å². The molecule has 0 radical (unpaired) electrons. The maximum absolute atomic E-state index is 5.60. The van der Waals surface area contributed by atoms with Gasteiger partial charge in [0.25, 0.3) is 0 Å². The fourth-order valence-corrected chi connectivity index (χ4v) is 1.65. The average Bonchev–Trinajstić information content (AvgIpc) is 2.36. The number of hydrogen-bond acceptors (Lipinski definition) is 3. The van der Waals surface area contributed by atoms with E-state index in [4.69, 9.17) is 4.74 Å². The van der Waals surface area contributed by atoms with E-state index in [-0.39, 0.29) is 0 Å². The van der Waals surface area contributed by atoms with Crippen LogP contribution in [0.3, 0.4) is 0 Å². The van der Waals surface area contributed by atoms with Crippen molar-refractivity contribution < 1.29 is 4.74 Å². The molecule has 0 bridgehead atoms. The van der Waals surface area contributed by atoms with Gasteiger partial charge in [-0.05, 0) is 36.4 Å². The van der Waals surface area contributed by atoms with Crippen molar-refractivity contribution in [1.29, 1.82) is 0 Å². The van der Waals surface area contributed by atoms with Gasteiger partial charge in [0.1, 0.15) is 0 Å². The van der Waals surface area contributed by atoms with Gasteiger partial charge < -0.3 is 10.1 Å². The molecule has 0 saturated carbocycles. The Morgan fingerprint density at radius 3 is 2.53 bits per heavy atom. The molecule has 0 amide bonds. The number of nitrogens with one attached hydrogen (secondary N) is 1. The van der Waals surface area contributed by atoms with E-state index in [2.05, 4.69) is 50.1 Å². The van der Waals surface area contributed by atoms with Crippen molar-refractivity contribution in [2.75, 3.05) is 13.2 Å². The highest BCUT2D eigenvalue weighted by molar-refractivity contribution is 5.13. The van der Waals surface area contributed by atoms with Crippen LogP contribution >= 0.6 is 0 Å². The summed E-state index contributed by atoms with van der Waals surface area (Å²) in [7, 11) is 0. The predicted octanol–water partition coefficient (Wildman–Crippen LogP) is 3.39. The Hall–Kier alpha value is -0.930. The van der Waals surface area contributed by atoms with Crippen molar-refractivity contribution in [3.8, 4) is 0 Å². The summed E-state index contributed by atoms with van der Waals surface area (Å²) in [5.74, 6) is 1.38. The van der Waals surface area contributed by atoms with Crippen LogP contribution in [-0.4, -0.2) is 18.1 Å². The minimum absolute atomic E-state index is 0.617. The van der Waals surface area contributed by atoms with Gasteiger partial charge in [0, 0.05) is 19.3 Å². The van der Waals surface area contributed by atoms with Crippen molar-refractivity contribution in [3.63, 3.8) is 0 Å². The molecule has 1 heterocycles. The largest absolute Gasteiger partial charge is 0.375 e. The number of ether oxygens (including phenoxy) is 1. The van der Waals surface area contributed by atoms with Crippen molar-refractivity contribution in [1.82, 2.24) is 10.3 Å². The molecule has 0 aliphatic carbocycles. The van der Waals surface area contributed by atoms with Crippen molar-refractivity contribution in [2.24, 2.45) is 11.8 Å². The normalized spacial score (nSPS) is 11.5. The average molecular weight is 264 g/mol. The Morgan fingerprint density at radius 2 is 1.95 bits per heavy atom. The Morgan fingerprint density at radius 1 is 1.16 bits per heavy atom. The van der Waals surface area contributed by atoms with Gasteiger partial charge >= 0.3 is 0 Å². The molecule has 0 spiro atoms. The monoisotopic (exact) mass is 264 g/mol. The number of hydrogen-bond donors (Lipinski definition) is 1. The standard InChI is InChI=1S/C16H28N2O/c1-13(2)7-8-19-12-16-6-5-15(11-18-16)10-17-9-14(3)4/h5-6,11,13-14,17H,7-10,12H2,1-4H3. The molecule has 19 heavy (non-hydrogen) atoms. The fourth-order valence-electron chi connectivity index (χ4n) is 1.65. The summed E-state index contributed by atoms with van der Waals surface area (Å²) in [4.78, 5) is 4.43. The van der Waals surface area contributed by atoms with Crippen molar-refractivity contribution in [3.05, 3.63) is 29.6 Å². The molecule has 0 unspecified atom stereocenters. The van der Waals surface area contributed by atoms with E-state index in [0.29, 0.717) is 18.4 Å². The van der Waals surface area contributed by atoms with Crippen LogP contribution in [0.5, 0.6) is 0 Å². The molecule has 1 aromatic heterocycles. The van der Waals surface area contributed by atoms with Crippen LogP contribution in [0.25, 0.3) is 0 Å². The van der Waals surface area contributed by atoms with Crippen molar-refractivity contribution in [2.45, 2.75) is 47.3 Å². The van der Waals surface area contributed by atoms with Gasteiger partial charge in [-0.15, -0.1) is 0 Å². The number of pyridine rings is 1. The zero-order valence-corrected chi connectivity index (χ0v) is 12.8. The maximum atomic E-state index is 5.60. The van der Waals surface area contributed by atoms with Gasteiger partial charge in [-0.25, -0.2) is 0 Å². The van der Waals surface area contributed by atoms with Gasteiger partial charge in [0.15, 0.2) is 0 Å². The van der Waals surface area contributed by atoms with Gasteiger partial charge in [-0.2, -0.15) is 0 Å². The molecule has 1 N–H and O–H groups in total. The summed E-state index contributed by atoms with van der Waals surface area (Å²) in [6.07, 6.45) is 3.05. The lowest BCUT2D eigenvalue weighted by Crippen LogP contribution is -2.19. The lowest BCUT2D eigenvalue weighted by molar-refractivity contribution is 0.108. The van der Waals surface area contributed by atoms with Crippen LogP contribution in [0.1, 0.15) is 45.4 Å². The summed E-state index contributed by atoms with van der Waals surface area (Å²) in [5, 5.41) is 3.41. The second-order valence-corrected chi connectivity index (χ2v) is 5.92. The third kappa shape index (κ3) is 7.96. The van der Waals surface area contributed by atoms with E-state index in [1.54, 1.807) is 0 Å². The van der Waals surface area contributed by atoms with Crippen LogP contribution < -0.4 is 5.32 Å². The summed E-state index contributed by atoms with van der Waals surface area (Å²) >= 11 is 0. The Kier molecular flexibility index (Phi) is 7.68. The van der Waals surface area contributed by atoms with E-state index in [1.165, 1.54) is 5.56 Å². The Bertz CT molecular complexity index is 333. The molecule has 3 heteroatoms. The first-order valence-electron chi connectivity index (χ1n) is 7.30. The first kappa shape index (κ1) is 16.1. The molecule has 0 aliphatic heterocycles. The van der Waals surface area contributed by atoms with E-state index in [0.717, 1.165) is 31.8 Å². The van der Waals surface area contributed by atoms with E-state index >= 15 is 0 Å². The molecule has 0 fully saturated rings. The number of rotatable bonds is 9. The van der Waals surface area contributed by atoms with Gasteiger partial charge in [-0.1, -0.05) is 33.8 Å². The van der Waals surface area contributed by atoms with Gasteiger partial charge in [0.05, 0.1) is 12.3 Å². The van der Waals surface area contributed by atoms with Crippen LogP contribution in [0.15, 0.2) is 18.3 Å². The molecular weight excluding hydrogens is 236 g/mol. The minimum atomic E-state index is 0.617. The zero-order chi connectivity index (χ0) is 14.1. The van der Waals surface area contributed by atoms with Gasteiger partial charge in [0.2, 0.25) is 0 Å². The smallest absolute Gasteiger partial charge is 0.0887 e. The van der Waals surface area contributed by atoms with E-state index < -0.39 is 0 Å². The lowest BCUT2D eigenvalue weighted by atomic mass is 10.1. The molecule has 108 valence electrons. The highest BCUT2D eigenvalue weighted by atomic mass is 16.5. The summed E-state index contributed by atoms with van der Waals surface area (Å²) in [5.41, 5.74) is 2.24. The topological polar surface area (TPSA) is 34.1 Å². The highest BCUT2D eigenvalue weighted by Crippen LogP contribution is 2.04. The molecular formula is C16H28N2O. The summed E-state index contributed by atoms with van der Waals surface area (Å²) < 4.78 is 5.60. The van der Waals surface area contributed by atoms with E-state index in [9.17, 15) is 0 Å². The minimum Gasteiger partial charge on any atom is -0.375 e. The first-order valence-corrected chi connectivity index (χ1v) is 7.30. The maximum Gasteiger partial charge on any atom is 0.0887 e. The summed E-state index contributed by atoms with van der Waals surface area (Å²) in [6, 6.07) is 4.18. The van der Waals surface area contributed by atoms with Crippen LogP contribution in [-0.2, 0) is 17.9 Å². The fraction of sp³-hybridized carbons (Fsp3) is 0.688. The first-order chi connectivity index (χ1) is 9.08. The molecule has 0 saturated heterocycles. The second-order valence-electron chi connectivity index (χ2n) is 5.92. The van der Waals surface area contributed by atoms with Crippen LogP contribution in [0.2, 0.25) is 0 Å². The van der Waals surface area contributed by atoms with Crippen molar-refractivity contribution >= 4 is 0 Å². The molecule has 3 nitrogen and oxygen atoms in total.